The van der Waals surface area contributed by atoms with Gasteiger partial charge in [-0.25, -0.2) is 4.98 Å². The van der Waals surface area contributed by atoms with Gasteiger partial charge in [0.25, 0.3) is 0 Å². The van der Waals surface area contributed by atoms with E-state index in [2.05, 4.69) is 47.4 Å². The van der Waals surface area contributed by atoms with E-state index in [0.29, 0.717) is 17.9 Å². The van der Waals surface area contributed by atoms with Crippen LogP contribution in [0.2, 0.25) is 0 Å². The normalized spacial score (nSPS) is 26.1. The molecule has 0 radical (unpaired) electrons. The quantitative estimate of drug-likeness (QED) is 0.900. The standard InChI is InChI=1S/C15H22N4S/c1-8-5-6-12(10(8)3)17-13-11-7-9(2)20-14(11)19-15(16-4)18-13/h7-8,10,12H,5-6H2,1-4H3,(H2,16,17,18,19). The number of hydrogen-bond acceptors (Lipinski definition) is 5. The molecular weight excluding hydrogens is 268 g/mol. The average Bonchev–Trinajstić information content (AvgIpc) is 2.95. The molecule has 2 N–H and O–H groups in total. The van der Waals surface area contributed by atoms with E-state index in [4.69, 9.17) is 0 Å². The van der Waals surface area contributed by atoms with Gasteiger partial charge in [-0.1, -0.05) is 13.8 Å². The smallest absolute Gasteiger partial charge is 0.225 e. The Labute approximate surface area is 124 Å². The molecule has 1 aliphatic rings. The number of hydrogen-bond donors (Lipinski definition) is 2. The fourth-order valence-corrected chi connectivity index (χ4v) is 3.89. The molecule has 0 amide bonds. The summed E-state index contributed by atoms with van der Waals surface area (Å²) in [5, 5.41) is 7.88. The van der Waals surface area contributed by atoms with Gasteiger partial charge in [0.05, 0.1) is 5.39 Å². The van der Waals surface area contributed by atoms with Crippen molar-refractivity contribution in [1.82, 2.24) is 9.97 Å². The maximum Gasteiger partial charge on any atom is 0.225 e. The lowest BCUT2D eigenvalue weighted by atomic mass is 9.98. The van der Waals surface area contributed by atoms with E-state index in [1.54, 1.807) is 11.3 Å². The predicted octanol–water partition coefficient (Wildman–Crippen LogP) is 3.89. The van der Waals surface area contributed by atoms with Crippen LogP contribution in [0.25, 0.3) is 10.2 Å². The van der Waals surface area contributed by atoms with E-state index in [0.717, 1.165) is 22.0 Å². The highest BCUT2D eigenvalue weighted by Gasteiger charge is 2.30. The van der Waals surface area contributed by atoms with Gasteiger partial charge < -0.3 is 10.6 Å². The molecule has 0 aromatic carbocycles. The molecule has 1 aliphatic carbocycles. The summed E-state index contributed by atoms with van der Waals surface area (Å²) < 4.78 is 0. The summed E-state index contributed by atoms with van der Waals surface area (Å²) in [5.41, 5.74) is 0. The van der Waals surface area contributed by atoms with Crippen LogP contribution < -0.4 is 10.6 Å². The molecule has 3 rings (SSSR count). The highest BCUT2D eigenvalue weighted by molar-refractivity contribution is 7.18. The van der Waals surface area contributed by atoms with Crippen molar-refractivity contribution in [1.29, 1.82) is 0 Å². The number of thiophene rings is 1. The van der Waals surface area contributed by atoms with E-state index in [1.165, 1.54) is 17.7 Å². The van der Waals surface area contributed by atoms with Gasteiger partial charge in [-0.3, -0.25) is 0 Å². The van der Waals surface area contributed by atoms with E-state index in [1.807, 2.05) is 7.05 Å². The van der Waals surface area contributed by atoms with Crippen molar-refractivity contribution in [3.8, 4) is 0 Å². The first-order valence-corrected chi connectivity index (χ1v) is 8.12. The largest absolute Gasteiger partial charge is 0.366 e. The summed E-state index contributed by atoms with van der Waals surface area (Å²) in [6.45, 7) is 6.80. The van der Waals surface area contributed by atoms with Crippen molar-refractivity contribution in [2.45, 2.75) is 39.7 Å². The topological polar surface area (TPSA) is 49.8 Å². The second-order valence-corrected chi connectivity index (χ2v) is 7.12. The molecule has 2 aromatic heterocycles. The highest BCUT2D eigenvalue weighted by Crippen LogP contribution is 2.35. The molecule has 1 fully saturated rings. The number of anilines is 2. The first kappa shape index (κ1) is 13.6. The van der Waals surface area contributed by atoms with E-state index >= 15 is 0 Å². The van der Waals surface area contributed by atoms with Crippen LogP contribution >= 0.6 is 11.3 Å². The zero-order chi connectivity index (χ0) is 14.3. The molecule has 0 saturated heterocycles. The monoisotopic (exact) mass is 290 g/mol. The second kappa shape index (κ2) is 5.20. The van der Waals surface area contributed by atoms with E-state index in [9.17, 15) is 0 Å². The molecule has 5 heteroatoms. The van der Waals surface area contributed by atoms with Gasteiger partial charge in [0.1, 0.15) is 10.6 Å². The van der Waals surface area contributed by atoms with Crippen LogP contribution in [0.1, 0.15) is 31.6 Å². The van der Waals surface area contributed by atoms with Crippen LogP contribution in [0.4, 0.5) is 11.8 Å². The molecule has 1 saturated carbocycles. The summed E-state index contributed by atoms with van der Waals surface area (Å²) in [4.78, 5) is 11.5. The van der Waals surface area contributed by atoms with E-state index < -0.39 is 0 Å². The van der Waals surface area contributed by atoms with Crippen LogP contribution in [0.3, 0.4) is 0 Å². The Kier molecular flexibility index (Phi) is 3.54. The van der Waals surface area contributed by atoms with Crippen LogP contribution in [-0.4, -0.2) is 23.1 Å². The summed E-state index contributed by atoms with van der Waals surface area (Å²) in [5.74, 6) is 3.16. The van der Waals surface area contributed by atoms with Crippen molar-refractivity contribution < 1.29 is 0 Å². The summed E-state index contributed by atoms with van der Waals surface area (Å²) in [6.07, 6.45) is 2.53. The van der Waals surface area contributed by atoms with Gasteiger partial charge >= 0.3 is 0 Å². The molecule has 0 aliphatic heterocycles. The molecule has 20 heavy (non-hydrogen) atoms. The Morgan fingerprint density at radius 3 is 2.70 bits per heavy atom. The zero-order valence-electron chi connectivity index (χ0n) is 12.5. The Morgan fingerprint density at radius 1 is 1.25 bits per heavy atom. The second-order valence-electron chi connectivity index (χ2n) is 5.89. The third kappa shape index (κ3) is 2.35. The number of rotatable bonds is 3. The van der Waals surface area contributed by atoms with Gasteiger partial charge in [-0.15, -0.1) is 11.3 Å². The lowest BCUT2D eigenvalue weighted by Gasteiger charge is -2.20. The number of nitrogens with zero attached hydrogens (tertiary/aromatic N) is 2. The molecular formula is C15H22N4S. The molecule has 2 heterocycles. The molecule has 0 bridgehead atoms. The Balaban J connectivity index is 1.97. The van der Waals surface area contributed by atoms with Crippen LogP contribution in [0.15, 0.2) is 6.07 Å². The van der Waals surface area contributed by atoms with Gasteiger partial charge in [0, 0.05) is 18.0 Å². The Morgan fingerprint density at radius 2 is 2.05 bits per heavy atom. The van der Waals surface area contributed by atoms with Crippen molar-refractivity contribution >= 4 is 33.3 Å². The third-order valence-electron chi connectivity index (χ3n) is 4.53. The lowest BCUT2D eigenvalue weighted by Crippen LogP contribution is -2.24. The number of nitrogens with one attached hydrogen (secondary N) is 2. The lowest BCUT2D eigenvalue weighted by molar-refractivity contribution is 0.435. The van der Waals surface area contributed by atoms with Gasteiger partial charge in [-0.2, -0.15) is 4.98 Å². The maximum atomic E-state index is 4.63. The highest BCUT2D eigenvalue weighted by atomic mass is 32.1. The van der Waals surface area contributed by atoms with Crippen LogP contribution in [0, 0.1) is 18.8 Å². The molecule has 0 spiro atoms. The summed E-state index contributed by atoms with van der Waals surface area (Å²) >= 11 is 1.72. The molecule has 4 nitrogen and oxygen atoms in total. The van der Waals surface area contributed by atoms with Crippen LogP contribution in [0.5, 0.6) is 0 Å². The molecule has 108 valence electrons. The fourth-order valence-electron chi connectivity index (χ4n) is 3.01. The van der Waals surface area contributed by atoms with Crippen molar-refractivity contribution in [2.75, 3.05) is 17.7 Å². The minimum absolute atomic E-state index is 0.521. The minimum atomic E-state index is 0.521. The average molecular weight is 290 g/mol. The van der Waals surface area contributed by atoms with Crippen LogP contribution in [-0.2, 0) is 0 Å². The first-order chi connectivity index (χ1) is 9.58. The first-order valence-electron chi connectivity index (χ1n) is 7.31. The van der Waals surface area contributed by atoms with Crippen molar-refractivity contribution in [3.63, 3.8) is 0 Å². The zero-order valence-corrected chi connectivity index (χ0v) is 13.3. The van der Waals surface area contributed by atoms with E-state index in [-0.39, 0.29) is 0 Å². The predicted molar refractivity (Wildman–Crippen MR) is 86.7 cm³/mol. The van der Waals surface area contributed by atoms with Gasteiger partial charge in [-0.05, 0) is 37.7 Å². The van der Waals surface area contributed by atoms with Gasteiger partial charge in [0.2, 0.25) is 5.95 Å². The minimum Gasteiger partial charge on any atom is -0.366 e. The number of fused-ring (bicyclic) bond motifs is 1. The summed E-state index contributed by atoms with van der Waals surface area (Å²) in [6, 6.07) is 2.71. The van der Waals surface area contributed by atoms with Crippen molar-refractivity contribution in [2.24, 2.45) is 11.8 Å². The molecule has 2 aromatic rings. The Bertz CT molecular complexity index is 622. The summed E-state index contributed by atoms with van der Waals surface area (Å²) in [7, 11) is 1.87. The third-order valence-corrected chi connectivity index (χ3v) is 5.47. The SMILES string of the molecule is CNc1nc(NC2CCC(C)C2C)c2cc(C)sc2n1. The number of aromatic nitrogens is 2. The molecule has 3 unspecified atom stereocenters. The van der Waals surface area contributed by atoms with Crippen molar-refractivity contribution in [3.05, 3.63) is 10.9 Å². The van der Waals surface area contributed by atoms with Gasteiger partial charge in [0.15, 0.2) is 0 Å². The maximum absolute atomic E-state index is 4.63. The molecule has 3 atom stereocenters. The Hall–Kier alpha value is -1.36. The fraction of sp³-hybridized carbons (Fsp3) is 0.600. The number of aryl methyl sites for hydroxylation is 1.